The zero-order valence-corrected chi connectivity index (χ0v) is 12.0. The maximum Gasteiger partial charge on any atom is 0.341 e. The topological polar surface area (TPSA) is 69.7 Å². The number of ether oxygens (including phenoxy) is 2. The third kappa shape index (κ3) is 5.94. The van der Waals surface area contributed by atoms with E-state index in [0.29, 0.717) is 30.8 Å². The Labute approximate surface area is 116 Å². The van der Waals surface area contributed by atoms with E-state index in [4.69, 9.17) is 15.4 Å². The molecule has 0 amide bonds. The molecule has 1 aromatic rings. The van der Waals surface area contributed by atoms with E-state index in [9.17, 15) is 13.2 Å². The number of rotatable bonds is 7. The minimum absolute atomic E-state index is 0.0867. The highest BCUT2D eigenvalue weighted by molar-refractivity contribution is 8.13. The van der Waals surface area contributed by atoms with Crippen molar-refractivity contribution in [1.82, 2.24) is 0 Å². The molecule has 0 aliphatic carbocycles. The van der Waals surface area contributed by atoms with Crippen molar-refractivity contribution < 1.29 is 22.7 Å². The molecule has 0 aliphatic heterocycles. The van der Waals surface area contributed by atoms with Crippen LogP contribution in [0.25, 0.3) is 0 Å². The van der Waals surface area contributed by atoms with Gasteiger partial charge in [0, 0.05) is 10.7 Å². The summed E-state index contributed by atoms with van der Waals surface area (Å²) in [6.07, 6.45) is 0.938. The Morgan fingerprint density at radius 2 is 1.95 bits per heavy atom. The van der Waals surface area contributed by atoms with Crippen LogP contribution in [0.2, 0.25) is 0 Å². The quantitative estimate of drug-likeness (QED) is 0.439. The summed E-state index contributed by atoms with van der Waals surface area (Å²) in [6.45, 7) is 0.306. The smallest absolute Gasteiger partial charge is 0.341 e. The fraction of sp³-hybridized carbons (Fsp3) is 0.417. The van der Waals surface area contributed by atoms with E-state index < -0.39 is 15.0 Å². The molecule has 0 unspecified atom stereocenters. The maximum atomic E-state index is 11.5. The Morgan fingerprint density at radius 3 is 2.58 bits per heavy atom. The van der Waals surface area contributed by atoms with Crippen molar-refractivity contribution in [2.45, 2.75) is 12.8 Å². The summed E-state index contributed by atoms with van der Waals surface area (Å²) in [4.78, 5) is 11.5. The van der Waals surface area contributed by atoms with Crippen LogP contribution in [0.15, 0.2) is 24.3 Å². The van der Waals surface area contributed by atoms with E-state index in [1.165, 1.54) is 7.11 Å². The summed E-state index contributed by atoms with van der Waals surface area (Å²) in [7, 11) is 2.93. The number of carbonyl (C=O) groups is 1. The average molecular weight is 307 g/mol. The first-order chi connectivity index (χ1) is 8.94. The molecule has 19 heavy (non-hydrogen) atoms. The van der Waals surface area contributed by atoms with Gasteiger partial charge in [-0.25, -0.2) is 13.2 Å². The van der Waals surface area contributed by atoms with Crippen LogP contribution >= 0.6 is 10.7 Å². The molecule has 0 spiro atoms. The van der Waals surface area contributed by atoms with E-state index in [0.717, 1.165) is 0 Å². The van der Waals surface area contributed by atoms with Gasteiger partial charge >= 0.3 is 5.97 Å². The Hall–Kier alpha value is -1.27. The van der Waals surface area contributed by atoms with Crippen LogP contribution in [0.5, 0.6) is 5.75 Å². The number of benzene rings is 1. The van der Waals surface area contributed by atoms with Crippen molar-refractivity contribution in [3.05, 3.63) is 29.8 Å². The lowest BCUT2D eigenvalue weighted by Crippen LogP contribution is -2.07. The van der Waals surface area contributed by atoms with Crippen molar-refractivity contribution in [2.75, 3.05) is 19.5 Å². The van der Waals surface area contributed by atoms with Gasteiger partial charge in [0.15, 0.2) is 0 Å². The summed E-state index contributed by atoms with van der Waals surface area (Å²) in [5.74, 6) is -0.140. The highest BCUT2D eigenvalue weighted by atomic mass is 35.7. The summed E-state index contributed by atoms with van der Waals surface area (Å²) in [5, 5.41) is 0. The Kier molecular flexibility index (Phi) is 6.11. The van der Waals surface area contributed by atoms with Crippen molar-refractivity contribution in [3.8, 4) is 5.75 Å². The molecule has 0 radical (unpaired) electrons. The molecule has 0 aliphatic rings. The van der Waals surface area contributed by atoms with E-state index in [2.05, 4.69) is 4.74 Å². The van der Waals surface area contributed by atoms with Gasteiger partial charge in [0.2, 0.25) is 9.05 Å². The van der Waals surface area contributed by atoms with Gasteiger partial charge in [-0.3, -0.25) is 0 Å². The second-order valence-corrected chi connectivity index (χ2v) is 6.68. The van der Waals surface area contributed by atoms with E-state index in [1.54, 1.807) is 24.3 Å². The lowest BCUT2D eigenvalue weighted by Gasteiger charge is -2.09. The van der Waals surface area contributed by atoms with Crippen molar-refractivity contribution in [3.63, 3.8) is 0 Å². The third-order valence-electron chi connectivity index (χ3n) is 2.33. The fourth-order valence-corrected chi connectivity index (χ4v) is 2.31. The summed E-state index contributed by atoms with van der Waals surface area (Å²) >= 11 is 0. The lowest BCUT2D eigenvalue weighted by atomic mass is 10.2. The molecule has 0 bridgehead atoms. The molecule has 1 aromatic carbocycles. The molecule has 0 heterocycles. The minimum atomic E-state index is -3.45. The van der Waals surface area contributed by atoms with E-state index in [-0.39, 0.29) is 5.75 Å². The van der Waals surface area contributed by atoms with Crippen LogP contribution in [-0.2, 0) is 13.8 Å². The summed E-state index contributed by atoms with van der Waals surface area (Å²) < 4.78 is 31.5. The standard InChI is InChI=1S/C12H15ClO5S/c1-17-12(14)10-6-2-3-7-11(10)18-8-4-5-9-19(13,15)16/h2-3,6-7H,4-5,8-9H2,1H3. The second-order valence-electron chi connectivity index (χ2n) is 3.79. The van der Waals surface area contributed by atoms with Crippen molar-refractivity contribution >= 4 is 25.7 Å². The molecule has 0 saturated heterocycles. The van der Waals surface area contributed by atoms with Crippen molar-refractivity contribution in [2.24, 2.45) is 0 Å². The number of methoxy groups -OCH3 is 1. The molecule has 0 fully saturated rings. The molecule has 0 aromatic heterocycles. The van der Waals surface area contributed by atoms with Crippen LogP contribution in [-0.4, -0.2) is 33.9 Å². The monoisotopic (exact) mass is 306 g/mol. The number of carbonyl (C=O) groups excluding carboxylic acids is 1. The first kappa shape index (κ1) is 15.8. The van der Waals surface area contributed by atoms with Crippen LogP contribution in [0.1, 0.15) is 23.2 Å². The molecule has 0 N–H and O–H groups in total. The number of unbranched alkanes of at least 4 members (excludes halogenated alkanes) is 1. The predicted molar refractivity (Wildman–Crippen MR) is 72.2 cm³/mol. The van der Waals surface area contributed by atoms with E-state index in [1.807, 2.05) is 0 Å². The molecule has 7 heteroatoms. The predicted octanol–water partition coefficient (Wildman–Crippen LogP) is 2.20. The SMILES string of the molecule is COC(=O)c1ccccc1OCCCCS(=O)(=O)Cl. The second kappa shape index (κ2) is 7.35. The van der Waals surface area contributed by atoms with Gasteiger partial charge < -0.3 is 9.47 Å². The molecular weight excluding hydrogens is 292 g/mol. The van der Waals surface area contributed by atoms with Gasteiger partial charge in [-0.1, -0.05) is 12.1 Å². The third-order valence-corrected chi connectivity index (χ3v) is 3.57. The molecule has 1 rings (SSSR count). The summed E-state index contributed by atoms with van der Waals surface area (Å²) in [5.41, 5.74) is 0.343. The zero-order valence-electron chi connectivity index (χ0n) is 10.5. The van der Waals surface area contributed by atoms with Gasteiger partial charge in [-0.05, 0) is 25.0 Å². The minimum Gasteiger partial charge on any atom is -0.493 e. The van der Waals surface area contributed by atoms with Gasteiger partial charge in [0.05, 0.1) is 19.5 Å². The number of para-hydroxylation sites is 1. The van der Waals surface area contributed by atoms with Crippen LogP contribution in [0.3, 0.4) is 0 Å². The number of esters is 1. The number of hydrogen-bond acceptors (Lipinski definition) is 5. The van der Waals surface area contributed by atoms with Gasteiger partial charge in [0.1, 0.15) is 11.3 Å². The van der Waals surface area contributed by atoms with Gasteiger partial charge in [-0.15, -0.1) is 0 Å². The fourth-order valence-electron chi connectivity index (χ4n) is 1.43. The lowest BCUT2D eigenvalue weighted by molar-refractivity contribution is 0.0596. The zero-order chi connectivity index (χ0) is 14.3. The molecule has 5 nitrogen and oxygen atoms in total. The Balaban J connectivity index is 2.47. The normalized spacial score (nSPS) is 11.1. The highest BCUT2D eigenvalue weighted by Crippen LogP contribution is 2.19. The highest BCUT2D eigenvalue weighted by Gasteiger charge is 2.12. The first-order valence-corrected chi connectivity index (χ1v) is 8.14. The van der Waals surface area contributed by atoms with Crippen LogP contribution in [0, 0.1) is 0 Å². The van der Waals surface area contributed by atoms with Crippen LogP contribution < -0.4 is 4.74 Å². The van der Waals surface area contributed by atoms with Crippen LogP contribution in [0.4, 0.5) is 0 Å². The average Bonchev–Trinajstić information content (AvgIpc) is 2.36. The largest absolute Gasteiger partial charge is 0.493 e. The van der Waals surface area contributed by atoms with Gasteiger partial charge in [-0.2, -0.15) is 0 Å². The van der Waals surface area contributed by atoms with E-state index >= 15 is 0 Å². The Bertz CT molecular complexity index is 527. The van der Waals surface area contributed by atoms with Crippen molar-refractivity contribution in [1.29, 1.82) is 0 Å². The molecule has 0 atom stereocenters. The summed E-state index contributed by atoms with van der Waals surface area (Å²) in [6, 6.07) is 6.71. The Morgan fingerprint density at radius 1 is 1.26 bits per heavy atom. The maximum absolute atomic E-state index is 11.5. The number of hydrogen-bond donors (Lipinski definition) is 0. The molecule has 0 saturated carbocycles. The molecular formula is C12H15ClO5S. The number of halogens is 1. The van der Waals surface area contributed by atoms with Gasteiger partial charge in [0.25, 0.3) is 0 Å². The first-order valence-electron chi connectivity index (χ1n) is 5.66. The molecule has 106 valence electrons.